The molecule has 3 aliphatic rings. The van der Waals surface area contributed by atoms with Gasteiger partial charge in [-0.15, -0.1) is 0 Å². The van der Waals surface area contributed by atoms with Crippen molar-refractivity contribution in [3.63, 3.8) is 0 Å². The lowest BCUT2D eigenvalue weighted by Crippen LogP contribution is -2.50. The van der Waals surface area contributed by atoms with E-state index in [0.717, 1.165) is 25.3 Å². The SMILES string of the molecule is C=Cc1cc(N2CCN3CCC[C@H]3C2)ccc1S(=O)(=O)[C@H]1CCN(c2cccc(C#N)n2)C1. The lowest BCUT2D eigenvalue weighted by molar-refractivity contribution is 0.231. The smallest absolute Gasteiger partial charge is 0.183 e. The molecule has 1 aromatic carbocycles. The third kappa shape index (κ3) is 4.11. The van der Waals surface area contributed by atoms with Crippen LogP contribution in [0.2, 0.25) is 0 Å². The average molecular weight is 464 g/mol. The first kappa shape index (κ1) is 21.9. The summed E-state index contributed by atoms with van der Waals surface area (Å²) < 4.78 is 27.2. The molecular weight excluding hydrogens is 434 g/mol. The van der Waals surface area contributed by atoms with Crippen LogP contribution in [0.15, 0.2) is 47.9 Å². The van der Waals surface area contributed by atoms with E-state index in [1.807, 2.05) is 29.2 Å². The van der Waals surface area contributed by atoms with E-state index in [1.54, 1.807) is 24.3 Å². The first-order valence-electron chi connectivity index (χ1n) is 11.6. The van der Waals surface area contributed by atoms with Crippen molar-refractivity contribution in [2.75, 3.05) is 49.1 Å². The summed E-state index contributed by atoms with van der Waals surface area (Å²) in [4.78, 5) is 11.6. The minimum absolute atomic E-state index is 0.335. The Hall–Kier alpha value is -2.89. The number of piperazine rings is 1. The Bertz CT molecular complexity index is 1210. The fourth-order valence-electron chi connectivity index (χ4n) is 5.41. The van der Waals surface area contributed by atoms with Crippen molar-refractivity contribution in [3.8, 4) is 6.07 Å². The van der Waals surface area contributed by atoms with Crippen LogP contribution in [0.4, 0.5) is 11.5 Å². The molecule has 0 aliphatic carbocycles. The lowest BCUT2D eigenvalue weighted by atomic mass is 10.1. The highest BCUT2D eigenvalue weighted by Gasteiger charge is 2.36. The molecule has 0 N–H and O–H groups in total. The number of hydrogen-bond donors (Lipinski definition) is 0. The number of rotatable bonds is 5. The summed E-state index contributed by atoms with van der Waals surface area (Å²) in [6, 6.07) is 13.6. The van der Waals surface area contributed by atoms with Crippen molar-refractivity contribution in [2.45, 2.75) is 35.4 Å². The first-order valence-corrected chi connectivity index (χ1v) is 13.2. The average Bonchev–Trinajstić information content (AvgIpc) is 3.53. The van der Waals surface area contributed by atoms with Gasteiger partial charge < -0.3 is 9.80 Å². The Morgan fingerprint density at radius 2 is 1.94 bits per heavy atom. The topological polar surface area (TPSA) is 80.5 Å². The van der Waals surface area contributed by atoms with Crippen molar-refractivity contribution in [1.82, 2.24) is 9.88 Å². The number of aromatic nitrogens is 1. The largest absolute Gasteiger partial charge is 0.369 e. The van der Waals surface area contributed by atoms with Gasteiger partial charge in [-0.3, -0.25) is 4.90 Å². The number of benzene rings is 1. The zero-order chi connectivity index (χ0) is 23.0. The van der Waals surface area contributed by atoms with E-state index in [0.29, 0.717) is 47.5 Å². The van der Waals surface area contributed by atoms with Gasteiger partial charge in [-0.2, -0.15) is 5.26 Å². The number of pyridine rings is 1. The minimum atomic E-state index is -3.53. The van der Waals surface area contributed by atoms with Gasteiger partial charge in [0.25, 0.3) is 0 Å². The molecular formula is C25H29N5O2S. The highest BCUT2D eigenvalue weighted by atomic mass is 32.2. The summed E-state index contributed by atoms with van der Waals surface area (Å²) in [5.74, 6) is 0.650. The molecule has 5 rings (SSSR count). The van der Waals surface area contributed by atoms with Crippen molar-refractivity contribution in [1.29, 1.82) is 5.26 Å². The van der Waals surface area contributed by atoms with E-state index in [4.69, 9.17) is 5.26 Å². The van der Waals surface area contributed by atoms with Gasteiger partial charge in [0, 0.05) is 44.5 Å². The Morgan fingerprint density at radius 3 is 2.76 bits per heavy atom. The number of hydrogen-bond acceptors (Lipinski definition) is 7. The lowest BCUT2D eigenvalue weighted by Gasteiger charge is -2.39. The Morgan fingerprint density at radius 1 is 1.06 bits per heavy atom. The molecule has 7 nitrogen and oxygen atoms in total. The minimum Gasteiger partial charge on any atom is -0.369 e. The Kier molecular flexibility index (Phi) is 5.85. The maximum Gasteiger partial charge on any atom is 0.183 e. The Balaban J connectivity index is 1.36. The van der Waals surface area contributed by atoms with Gasteiger partial charge in [-0.25, -0.2) is 13.4 Å². The number of nitriles is 1. The number of anilines is 2. The monoisotopic (exact) mass is 463 g/mol. The van der Waals surface area contributed by atoms with E-state index in [9.17, 15) is 8.42 Å². The van der Waals surface area contributed by atoms with Gasteiger partial charge in [-0.1, -0.05) is 18.7 Å². The highest BCUT2D eigenvalue weighted by molar-refractivity contribution is 7.92. The van der Waals surface area contributed by atoms with Crippen molar-refractivity contribution in [3.05, 3.63) is 54.2 Å². The zero-order valence-electron chi connectivity index (χ0n) is 18.7. The van der Waals surface area contributed by atoms with Gasteiger partial charge >= 0.3 is 0 Å². The first-order chi connectivity index (χ1) is 16.0. The quantitative estimate of drug-likeness (QED) is 0.674. The molecule has 1 aromatic heterocycles. The number of sulfone groups is 1. The third-order valence-electron chi connectivity index (χ3n) is 7.23. The van der Waals surface area contributed by atoms with Crippen molar-refractivity contribution < 1.29 is 8.42 Å². The van der Waals surface area contributed by atoms with Crippen LogP contribution in [0.3, 0.4) is 0 Å². The summed E-state index contributed by atoms with van der Waals surface area (Å²) in [6.07, 6.45) is 4.69. The molecule has 4 heterocycles. The second-order valence-electron chi connectivity index (χ2n) is 9.10. The van der Waals surface area contributed by atoms with Crippen LogP contribution in [-0.2, 0) is 9.84 Å². The summed E-state index contributed by atoms with van der Waals surface area (Å²) in [6.45, 7) is 9.09. The molecule has 172 valence electrons. The summed E-state index contributed by atoms with van der Waals surface area (Å²) in [5.41, 5.74) is 2.08. The normalized spacial score (nSPS) is 23.4. The summed E-state index contributed by atoms with van der Waals surface area (Å²) >= 11 is 0. The number of fused-ring (bicyclic) bond motifs is 1. The molecule has 0 bridgehead atoms. The second kappa shape index (κ2) is 8.81. The molecule has 3 fully saturated rings. The van der Waals surface area contributed by atoms with Crippen LogP contribution in [0.25, 0.3) is 6.08 Å². The van der Waals surface area contributed by atoms with Gasteiger partial charge in [0.15, 0.2) is 9.84 Å². The van der Waals surface area contributed by atoms with Crippen LogP contribution in [0, 0.1) is 11.3 Å². The molecule has 3 aliphatic heterocycles. The molecule has 3 saturated heterocycles. The van der Waals surface area contributed by atoms with Crippen LogP contribution in [0.1, 0.15) is 30.5 Å². The van der Waals surface area contributed by atoms with Gasteiger partial charge in [0.05, 0.1) is 10.1 Å². The molecule has 0 unspecified atom stereocenters. The second-order valence-corrected chi connectivity index (χ2v) is 11.3. The predicted molar refractivity (Wildman–Crippen MR) is 130 cm³/mol. The van der Waals surface area contributed by atoms with Crippen LogP contribution in [0.5, 0.6) is 0 Å². The molecule has 8 heteroatoms. The van der Waals surface area contributed by atoms with E-state index in [2.05, 4.69) is 21.4 Å². The van der Waals surface area contributed by atoms with Gasteiger partial charge in [0.1, 0.15) is 17.6 Å². The van der Waals surface area contributed by atoms with Gasteiger partial charge in [-0.05, 0) is 61.7 Å². The van der Waals surface area contributed by atoms with Crippen LogP contribution < -0.4 is 9.80 Å². The Labute approximate surface area is 195 Å². The maximum absolute atomic E-state index is 13.6. The molecule has 0 radical (unpaired) electrons. The van der Waals surface area contributed by atoms with E-state index in [1.165, 1.54) is 19.4 Å². The summed E-state index contributed by atoms with van der Waals surface area (Å²) in [5, 5.41) is 8.59. The molecule has 0 spiro atoms. The van der Waals surface area contributed by atoms with Crippen molar-refractivity contribution in [2.24, 2.45) is 0 Å². The van der Waals surface area contributed by atoms with E-state index < -0.39 is 15.1 Å². The summed E-state index contributed by atoms with van der Waals surface area (Å²) in [7, 11) is -3.53. The zero-order valence-corrected chi connectivity index (χ0v) is 19.5. The molecule has 0 amide bonds. The number of nitrogens with zero attached hydrogens (tertiary/aromatic N) is 5. The molecule has 33 heavy (non-hydrogen) atoms. The third-order valence-corrected chi connectivity index (χ3v) is 9.48. The maximum atomic E-state index is 13.6. The molecule has 0 saturated carbocycles. The molecule has 2 aromatic rings. The van der Waals surface area contributed by atoms with Crippen LogP contribution >= 0.6 is 0 Å². The fraction of sp³-hybridized carbons (Fsp3) is 0.440. The standard InChI is InChI=1S/C25H29N5O2S/c1-2-19-15-21(29-14-13-28-11-4-6-22(28)17-29)8-9-24(19)33(31,32)23-10-12-30(18-23)25-7-3-5-20(16-26)27-25/h2-3,5,7-9,15,22-23H,1,4,6,10-14,17-18H2/t22-,23-/m0/s1. The highest BCUT2D eigenvalue weighted by Crippen LogP contribution is 2.32. The van der Waals surface area contributed by atoms with E-state index >= 15 is 0 Å². The van der Waals surface area contributed by atoms with Gasteiger partial charge in [0.2, 0.25) is 0 Å². The fourth-order valence-corrected chi connectivity index (χ4v) is 7.29. The predicted octanol–water partition coefficient (Wildman–Crippen LogP) is 2.93. The van der Waals surface area contributed by atoms with Crippen LogP contribution in [-0.4, -0.2) is 68.9 Å². The van der Waals surface area contributed by atoms with E-state index in [-0.39, 0.29) is 0 Å². The molecule has 2 atom stereocenters. The van der Waals surface area contributed by atoms with Crippen molar-refractivity contribution >= 4 is 27.4 Å².